The number of thioether (sulfide) groups is 1. The smallest absolute Gasteiger partial charge is 0.318 e. The predicted molar refractivity (Wildman–Crippen MR) is 75.0 cm³/mol. The summed E-state index contributed by atoms with van der Waals surface area (Å²) >= 11 is 1.14. The lowest BCUT2D eigenvalue weighted by Gasteiger charge is -2.11. The first-order chi connectivity index (χ1) is 10.3. The van der Waals surface area contributed by atoms with Crippen molar-refractivity contribution in [2.45, 2.75) is 24.3 Å². The lowest BCUT2D eigenvalue weighted by Crippen LogP contribution is -2.42. The highest BCUT2D eigenvalue weighted by Crippen LogP contribution is 2.21. The molecule has 0 aliphatic carbocycles. The number of hydrogen-bond donors (Lipinski definition) is 2. The van der Waals surface area contributed by atoms with Crippen molar-refractivity contribution < 1.29 is 27.9 Å². The molecule has 1 rings (SSSR count). The van der Waals surface area contributed by atoms with Crippen molar-refractivity contribution in [3.63, 3.8) is 0 Å². The van der Waals surface area contributed by atoms with Crippen molar-refractivity contribution in [1.82, 2.24) is 5.32 Å². The van der Waals surface area contributed by atoms with Gasteiger partial charge in [-0.25, -0.2) is 13.6 Å². The van der Waals surface area contributed by atoms with Gasteiger partial charge in [-0.3, -0.25) is 14.9 Å². The van der Waals surface area contributed by atoms with Gasteiger partial charge in [-0.15, -0.1) is 11.8 Å². The highest BCUT2D eigenvalue weighted by atomic mass is 32.2. The molecule has 1 aromatic carbocycles. The number of urea groups is 1. The zero-order chi connectivity index (χ0) is 16.7. The van der Waals surface area contributed by atoms with Crippen LogP contribution in [0.3, 0.4) is 0 Å². The quantitative estimate of drug-likeness (QED) is 0.609. The van der Waals surface area contributed by atoms with E-state index in [2.05, 4.69) is 0 Å². The molecule has 0 aliphatic rings. The van der Waals surface area contributed by atoms with Crippen LogP contribution in [0.5, 0.6) is 0 Å². The Morgan fingerprint density at radius 3 is 2.59 bits per heavy atom. The number of benzene rings is 1. The first-order valence-corrected chi connectivity index (χ1v) is 7.15. The number of nitrogens with one attached hydrogen (secondary N) is 1. The Balaban J connectivity index is 2.35. The minimum Gasteiger partial charge on any atom is -0.453 e. The van der Waals surface area contributed by atoms with Gasteiger partial charge < -0.3 is 10.5 Å². The average molecular weight is 332 g/mol. The van der Waals surface area contributed by atoms with Crippen molar-refractivity contribution >= 4 is 29.7 Å². The van der Waals surface area contributed by atoms with Gasteiger partial charge >= 0.3 is 12.0 Å². The highest BCUT2D eigenvalue weighted by Gasteiger charge is 2.18. The molecule has 0 aliphatic heterocycles. The number of nitrogens with two attached hydrogens (primary N) is 1. The lowest BCUT2D eigenvalue weighted by molar-refractivity contribution is -0.154. The predicted octanol–water partition coefficient (Wildman–Crippen LogP) is 1.57. The van der Waals surface area contributed by atoms with E-state index in [0.29, 0.717) is 4.90 Å². The largest absolute Gasteiger partial charge is 0.453 e. The van der Waals surface area contributed by atoms with Gasteiger partial charge in [0, 0.05) is 10.6 Å². The summed E-state index contributed by atoms with van der Waals surface area (Å²) in [6, 6.07) is 2.36. The molecule has 9 heteroatoms. The summed E-state index contributed by atoms with van der Waals surface area (Å²) in [7, 11) is 0. The van der Waals surface area contributed by atoms with Crippen LogP contribution >= 0.6 is 11.8 Å². The van der Waals surface area contributed by atoms with Crippen LogP contribution in [-0.2, 0) is 14.3 Å². The maximum absolute atomic E-state index is 13.0. The van der Waals surface area contributed by atoms with E-state index < -0.39 is 35.6 Å². The molecular weight excluding hydrogens is 318 g/mol. The molecule has 120 valence electrons. The first kappa shape index (κ1) is 17.9. The molecule has 3 N–H and O–H groups in total. The Morgan fingerprint density at radius 1 is 1.32 bits per heavy atom. The summed E-state index contributed by atoms with van der Waals surface area (Å²) in [4.78, 5) is 33.7. The number of rotatable bonds is 6. The maximum atomic E-state index is 13.0. The third kappa shape index (κ3) is 6.08. The molecular formula is C13H14F2N2O4S. The zero-order valence-corrected chi connectivity index (χ0v) is 12.4. The number of hydrogen-bond acceptors (Lipinski definition) is 5. The van der Waals surface area contributed by atoms with Gasteiger partial charge in [0.2, 0.25) is 0 Å². The van der Waals surface area contributed by atoms with Gasteiger partial charge in [0.25, 0.3) is 5.91 Å². The Bertz CT molecular complexity index is 583. The minimum absolute atomic E-state index is 0.0438. The minimum atomic E-state index is -1.16. The van der Waals surface area contributed by atoms with Crippen molar-refractivity contribution in [2.75, 3.05) is 5.75 Å². The molecule has 0 bridgehead atoms. The number of amides is 3. The second kappa shape index (κ2) is 8.32. The van der Waals surface area contributed by atoms with Gasteiger partial charge in [0.1, 0.15) is 0 Å². The fourth-order valence-electron chi connectivity index (χ4n) is 1.35. The summed E-state index contributed by atoms with van der Waals surface area (Å²) in [6.45, 7) is 1.29. The number of ether oxygens (including phenoxy) is 1. The molecule has 0 saturated carbocycles. The normalized spacial score (nSPS) is 11.6. The van der Waals surface area contributed by atoms with Crippen molar-refractivity contribution in [1.29, 1.82) is 0 Å². The van der Waals surface area contributed by atoms with E-state index in [1.807, 2.05) is 0 Å². The van der Waals surface area contributed by atoms with E-state index in [0.717, 1.165) is 23.9 Å². The van der Waals surface area contributed by atoms with Gasteiger partial charge in [0.05, 0.1) is 6.42 Å². The molecule has 0 spiro atoms. The monoisotopic (exact) mass is 332 g/mol. The molecule has 22 heavy (non-hydrogen) atoms. The molecule has 0 saturated heterocycles. The molecule has 0 unspecified atom stereocenters. The number of halogens is 2. The second-order valence-corrected chi connectivity index (χ2v) is 5.33. The second-order valence-electron chi connectivity index (χ2n) is 4.16. The average Bonchev–Trinajstić information content (AvgIpc) is 2.42. The Kier molecular flexibility index (Phi) is 6.77. The van der Waals surface area contributed by atoms with Gasteiger partial charge in [-0.2, -0.15) is 0 Å². The topological polar surface area (TPSA) is 98.5 Å². The van der Waals surface area contributed by atoms with Crippen LogP contribution in [0.1, 0.15) is 13.3 Å². The van der Waals surface area contributed by atoms with Gasteiger partial charge in [-0.05, 0) is 25.1 Å². The van der Waals surface area contributed by atoms with Crippen LogP contribution in [0.25, 0.3) is 0 Å². The van der Waals surface area contributed by atoms with E-state index >= 15 is 0 Å². The molecule has 3 amide bonds. The SMILES string of the molecule is C[C@H](OC(=O)CCSc1ccc(F)c(F)c1)C(=O)NC(N)=O. The third-order valence-electron chi connectivity index (χ3n) is 2.39. The van der Waals surface area contributed by atoms with E-state index in [4.69, 9.17) is 10.5 Å². The van der Waals surface area contributed by atoms with Crippen LogP contribution in [0, 0.1) is 11.6 Å². The van der Waals surface area contributed by atoms with Crippen molar-refractivity contribution in [2.24, 2.45) is 5.73 Å². The molecule has 0 radical (unpaired) electrons. The summed E-state index contributed by atoms with van der Waals surface area (Å²) < 4.78 is 30.5. The number of imide groups is 1. The molecule has 6 nitrogen and oxygen atoms in total. The van der Waals surface area contributed by atoms with Crippen LogP contribution < -0.4 is 11.1 Å². The van der Waals surface area contributed by atoms with Crippen LogP contribution in [0.4, 0.5) is 13.6 Å². The fourth-order valence-corrected chi connectivity index (χ4v) is 2.21. The fraction of sp³-hybridized carbons (Fsp3) is 0.308. The number of esters is 1. The first-order valence-electron chi connectivity index (χ1n) is 6.17. The number of carbonyl (C=O) groups excluding carboxylic acids is 3. The number of primary amides is 1. The van der Waals surface area contributed by atoms with Gasteiger partial charge in [0.15, 0.2) is 17.7 Å². The van der Waals surface area contributed by atoms with E-state index in [1.54, 1.807) is 5.32 Å². The summed E-state index contributed by atoms with van der Waals surface area (Å²) in [5, 5.41) is 1.78. The lowest BCUT2D eigenvalue weighted by atomic mass is 10.3. The summed E-state index contributed by atoms with van der Waals surface area (Å²) in [6.07, 6.45) is -1.20. The number of carbonyl (C=O) groups is 3. The zero-order valence-electron chi connectivity index (χ0n) is 11.6. The van der Waals surface area contributed by atoms with Crippen LogP contribution in [-0.4, -0.2) is 29.8 Å². The maximum Gasteiger partial charge on any atom is 0.318 e. The highest BCUT2D eigenvalue weighted by molar-refractivity contribution is 7.99. The molecule has 0 aromatic heterocycles. The molecule has 0 heterocycles. The standard InChI is InChI=1S/C13H14F2N2O4S/c1-7(12(19)17-13(16)20)21-11(18)4-5-22-8-2-3-9(14)10(15)6-8/h2-3,6-7H,4-5H2,1H3,(H3,16,17,19,20)/t7-/m0/s1. The summed E-state index contributed by atoms with van der Waals surface area (Å²) in [5.74, 6) is -3.15. The third-order valence-corrected chi connectivity index (χ3v) is 3.39. The van der Waals surface area contributed by atoms with Gasteiger partial charge in [-0.1, -0.05) is 0 Å². The molecule has 1 aromatic rings. The molecule has 1 atom stereocenters. The van der Waals surface area contributed by atoms with E-state index in [1.165, 1.54) is 13.0 Å². The Hall–Kier alpha value is -2.16. The van der Waals surface area contributed by atoms with E-state index in [9.17, 15) is 23.2 Å². The Labute approximate surface area is 129 Å². The van der Waals surface area contributed by atoms with Crippen LogP contribution in [0.15, 0.2) is 23.1 Å². The van der Waals surface area contributed by atoms with Crippen molar-refractivity contribution in [3.05, 3.63) is 29.8 Å². The van der Waals surface area contributed by atoms with E-state index in [-0.39, 0.29) is 12.2 Å². The summed E-state index contributed by atoms with van der Waals surface area (Å²) in [5.41, 5.74) is 4.76. The Morgan fingerprint density at radius 2 is 2.00 bits per heavy atom. The molecule has 0 fully saturated rings. The van der Waals surface area contributed by atoms with Crippen LogP contribution in [0.2, 0.25) is 0 Å². The van der Waals surface area contributed by atoms with Crippen molar-refractivity contribution in [3.8, 4) is 0 Å².